The quantitative estimate of drug-likeness (QED) is 0.258. The van der Waals surface area contributed by atoms with Crippen LogP contribution in [-0.2, 0) is 9.63 Å². The van der Waals surface area contributed by atoms with Crippen molar-refractivity contribution < 1.29 is 24.6 Å². The van der Waals surface area contributed by atoms with Crippen molar-refractivity contribution in [3.8, 4) is 5.75 Å². The number of hydrogen-bond donors (Lipinski definition) is 3. The number of β-amino-alcohol motifs (C(OH)–C–C–N with tert-alkyl or cyclic N) is 1. The van der Waals surface area contributed by atoms with E-state index in [0.29, 0.717) is 18.7 Å². The number of hydrogen-bond acceptors (Lipinski definition) is 7. The Bertz CT molecular complexity index is 837. The molecule has 9 nitrogen and oxygen atoms in total. The van der Waals surface area contributed by atoms with E-state index >= 15 is 0 Å². The van der Waals surface area contributed by atoms with Gasteiger partial charge in [-0.15, -0.1) is 10.1 Å². The number of nitrogens with one attached hydrogen (secondary N) is 2. The maximum atomic E-state index is 12.0. The number of rotatable bonds is 13. The lowest BCUT2D eigenvalue weighted by Gasteiger charge is -2.27. The van der Waals surface area contributed by atoms with Crippen LogP contribution in [0.3, 0.4) is 0 Å². The summed E-state index contributed by atoms with van der Waals surface area (Å²) in [5, 5.41) is 27.4. The fraction of sp³-hybridized carbons (Fsp3) is 0.476. The molecule has 3 N–H and O–H groups in total. The summed E-state index contributed by atoms with van der Waals surface area (Å²) >= 11 is 0. The Hall–Kier alpha value is -2.91. The molecule has 2 aromatic carbocycles. The average molecular weight is 419 g/mol. The van der Waals surface area contributed by atoms with E-state index in [-0.39, 0.29) is 32.1 Å². The third-order valence-corrected chi connectivity index (χ3v) is 4.44. The van der Waals surface area contributed by atoms with Crippen LogP contribution < -0.4 is 15.4 Å². The molecule has 0 bridgehead atoms. The number of amides is 1. The van der Waals surface area contributed by atoms with Gasteiger partial charge in [0.25, 0.3) is 5.09 Å². The second kappa shape index (κ2) is 11.3. The molecule has 0 aliphatic heterocycles. The topological polar surface area (TPSA) is 123 Å². The SMILES string of the molecule is CC(C)(CC(=O)NCCCO[N+](=O)[O-])NCC(O)COc1cccc2ccccc12. The molecule has 1 atom stereocenters. The first-order chi connectivity index (χ1) is 14.3. The average Bonchev–Trinajstić information content (AvgIpc) is 2.70. The smallest absolute Gasteiger partial charge is 0.294 e. The molecule has 0 saturated carbocycles. The summed E-state index contributed by atoms with van der Waals surface area (Å²) in [4.78, 5) is 26.3. The van der Waals surface area contributed by atoms with Crippen molar-refractivity contribution in [2.75, 3.05) is 26.3 Å². The Labute approximate surface area is 175 Å². The normalized spacial score (nSPS) is 12.4. The van der Waals surface area contributed by atoms with Crippen molar-refractivity contribution in [1.29, 1.82) is 0 Å². The van der Waals surface area contributed by atoms with Gasteiger partial charge >= 0.3 is 0 Å². The number of carbonyl (C=O) groups is 1. The van der Waals surface area contributed by atoms with Crippen LogP contribution in [-0.4, -0.2) is 54.0 Å². The van der Waals surface area contributed by atoms with Gasteiger partial charge in [-0.3, -0.25) is 4.79 Å². The van der Waals surface area contributed by atoms with E-state index in [1.54, 1.807) is 0 Å². The number of aliphatic hydroxyl groups excluding tert-OH is 1. The van der Waals surface area contributed by atoms with Crippen LogP contribution in [0.2, 0.25) is 0 Å². The Morgan fingerprint density at radius 1 is 1.23 bits per heavy atom. The van der Waals surface area contributed by atoms with Gasteiger partial charge in [-0.25, -0.2) is 0 Å². The zero-order valence-corrected chi connectivity index (χ0v) is 17.3. The Kier molecular flexibility index (Phi) is 8.82. The van der Waals surface area contributed by atoms with E-state index in [1.165, 1.54) is 0 Å². The maximum Gasteiger partial charge on any atom is 0.294 e. The van der Waals surface area contributed by atoms with Gasteiger partial charge in [-0.2, -0.15) is 0 Å². The zero-order chi connectivity index (χ0) is 22.0. The molecule has 0 aromatic heterocycles. The highest BCUT2D eigenvalue weighted by molar-refractivity contribution is 5.88. The van der Waals surface area contributed by atoms with Gasteiger partial charge in [0.05, 0.1) is 6.61 Å². The summed E-state index contributed by atoms with van der Waals surface area (Å²) in [6, 6.07) is 13.7. The molecule has 0 saturated heterocycles. The van der Waals surface area contributed by atoms with Gasteiger partial charge in [-0.1, -0.05) is 36.4 Å². The van der Waals surface area contributed by atoms with Crippen molar-refractivity contribution in [2.45, 2.75) is 38.3 Å². The van der Waals surface area contributed by atoms with Crippen LogP contribution in [0.15, 0.2) is 42.5 Å². The molecule has 1 unspecified atom stereocenters. The minimum atomic E-state index is -0.857. The number of ether oxygens (including phenoxy) is 1. The number of nitrogens with zero attached hydrogens (tertiary/aromatic N) is 1. The molecule has 164 valence electrons. The summed E-state index contributed by atoms with van der Waals surface area (Å²) in [6.45, 7) is 4.35. The molecule has 0 aliphatic carbocycles. The molecule has 0 aliphatic rings. The summed E-state index contributed by atoms with van der Waals surface area (Å²) in [6.07, 6.45) is -0.198. The molecular weight excluding hydrogens is 390 g/mol. The molecule has 0 spiro atoms. The number of carbonyl (C=O) groups excluding carboxylic acids is 1. The van der Waals surface area contributed by atoms with Gasteiger partial charge in [-0.05, 0) is 31.7 Å². The first-order valence-corrected chi connectivity index (χ1v) is 9.84. The fourth-order valence-corrected chi connectivity index (χ4v) is 2.93. The molecule has 2 rings (SSSR count). The van der Waals surface area contributed by atoms with Crippen molar-refractivity contribution >= 4 is 16.7 Å². The molecule has 1 amide bonds. The van der Waals surface area contributed by atoms with E-state index < -0.39 is 16.7 Å². The Balaban J connectivity index is 1.70. The third-order valence-electron chi connectivity index (χ3n) is 4.44. The molecule has 0 radical (unpaired) electrons. The fourth-order valence-electron chi connectivity index (χ4n) is 2.93. The summed E-state index contributed by atoms with van der Waals surface area (Å²) in [5.41, 5.74) is -0.540. The van der Waals surface area contributed by atoms with Crippen molar-refractivity contribution in [1.82, 2.24) is 10.6 Å². The van der Waals surface area contributed by atoms with E-state index in [4.69, 9.17) is 4.74 Å². The molecule has 0 fully saturated rings. The Morgan fingerprint density at radius 2 is 1.97 bits per heavy atom. The highest BCUT2D eigenvalue weighted by atomic mass is 16.9. The van der Waals surface area contributed by atoms with Gasteiger partial charge in [0.1, 0.15) is 18.5 Å². The van der Waals surface area contributed by atoms with Crippen molar-refractivity contribution in [3.05, 3.63) is 52.6 Å². The lowest BCUT2D eigenvalue weighted by molar-refractivity contribution is -0.757. The van der Waals surface area contributed by atoms with E-state index in [9.17, 15) is 20.0 Å². The highest BCUT2D eigenvalue weighted by Crippen LogP contribution is 2.25. The third kappa shape index (κ3) is 8.22. The van der Waals surface area contributed by atoms with Crippen molar-refractivity contribution in [3.63, 3.8) is 0 Å². The van der Waals surface area contributed by atoms with Gasteiger partial charge in [0, 0.05) is 30.4 Å². The predicted molar refractivity (Wildman–Crippen MR) is 113 cm³/mol. The van der Waals surface area contributed by atoms with Crippen LogP contribution in [0.4, 0.5) is 0 Å². The van der Waals surface area contributed by atoms with Crippen LogP contribution in [0.1, 0.15) is 26.7 Å². The van der Waals surface area contributed by atoms with E-state index in [0.717, 1.165) is 10.8 Å². The standard InChI is InChI=1S/C21H29N3O6/c1-21(2,13-20(26)22-11-6-12-30-24(27)28)23-14-17(25)15-29-19-10-5-8-16-7-3-4-9-18(16)19/h3-5,7-10,17,23,25H,6,11-15H2,1-2H3,(H,22,26). The second-order valence-electron chi connectivity index (χ2n) is 7.64. The number of fused-ring (bicyclic) bond motifs is 1. The number of aliphatic hydroxyl groups is 1. The summed E-state index contributed by atoms with van der Waals surface area (Å²) in [7, 11) is 0. The minimum absolute atomic E-state index is 0.0577. The first kappa shape index (κ1) is 23.4. The summed E-state index contributed by atoms with van der Waals surface area (Å²) < 4.78 is 5.79. The lowest BCUT2D eigenvalue weighted by atomic mass is 10.00. The van der Waals surface area contributed by atoms with Crippen LogP contribution in [0.25, 0.3) is 10.8 Å². The monoisotopic (exact) mass is 419 g/mol. The van der Waals surface area contributed by atoms with Gasteiger partial charge in [0.15, 0.2) is 0 Å². The Morgan fingerprint density at radius 3 is 2.73 bits per heavy atom. The summed E-state index contributed by atoms with van der Waals surface area (Å²) in [5.74, 6) is 0.530. The van der Waals surface area contributed by atoms with Crippen LogP contribution in [0, 0.1) is 10.1 Å². The number of benzene rings is 2. The molecule has 30 heavy (non-hydrogen) atoms. The molecule has 0 heterocycles. The van der Waals surface area contributed by atoms with Crippen LogP contribution >= 0.6 is 0 Å². The zero-order valence-electron chi connectivity index (χ0n) is 17.3. The molecule has 9 heteroatoms. The second-order valence-corrected chi connectivity index (χ2v) is 7.64. The van der Waals surface area contributed by atoms with E-state index in [2.05, 4.69) is 15.5 Å². The highest BCUT2D eigenvalue weighted by Gasteiger charge is 2.22. The van der Waals surface area contributed by atoms with Crippen molar-refractivity contribution in [2.24, 2.45) is 0 Å². The molecular formula is C21H29N3O6. The maximum absolute atomic E-state index is 12.0. The van der Waals surface area contributed by atoms with E-state index in [1.807, 2.05) is 56.3 Å². The van der Waals surface area contributed by atoms with Crippen LogP contribution in [0.5, 0.6) is 5.75 Å². The first-order valence-electron chi connectivity index (χ1n) is 9.84. The predicted octanol–water partition coefficient (Wildman–Crippen LogP) is 2.05. The van der Waals surface area contributed by atoms with Gasteiger partial charge < -0.3 is 25.3 Å². The minimum Gasteiger partial charge on any atom is -0.490 e. The largest absolute Gasteiger partial charge is 0.490 e. The lowest BCUT2D eigenvalue weighted by Crippen LogP contribution is -2.47. The molecule has 2 aromatic rings. The van der Waals surface area contributed by atoms with Gasteiger partial charge in [0.2, 0.25) is 5.91 Å².